The highest BCUT2D eigenvalue weighted by atomic mass is 16.6. The summed E-state index contributed by atoms with van der Waals surface area (Å²) in [5.41, 5.74) is 0.622. The van der Waals surface area contributed by atoms with Gasteiger partial charge in [-0.1, -0.05) is 12.1 Å². The van der Waals surface area contributed by atoms with Crippen molar-refractivity contribution in [3.05, 3.63) is 46.1 Å². The summed E-state index contributed by atoms with van der Waals surface area (Å²) < 4.78 is 9.52. The molecule has 7 heteroatoms. The first-order valence-corrected chi connectivity index (χ1v) is 6.20. The molecular formula is C14H15NO6. The lowest BCUT2D eigenvalue weighted by Gasteiger charge is -2.04. The van der Waals surface area contributed by atoms with Crippen molar-refractivity contribution in [2.75, 3.05) is 7.11 Å². The molecule has 1 aromatic carbocycles. The van der Waals surface area contributed by atoms with Crippen LogP contribution in [0.15, 0.2) is 30.5 Å². The quantitative estimate of drug-likeness (QED) is 0.331. The summed E-state index contributed by atoms with van der Waals surface area (Å²) in [4.78, 5) is 32.0. The summed E-state index contributed by atoms with van der Waals surface area (Å²) in [5, 5.41) is 10.2. The van der Waals surface area contributed by atoms with Crippen molar-refractivity contribution in [2.24, 2.45) is 0 Å². The van der Waals surface area contributed by atoms with E-state index in [0.29, 0.717) is 17.7 Å². The lowest BCUT2D eigenvalue weighted by atomic mass is 10.2. The predicted molar refractivity (Wildman–Crippen MR) is 74.0 cm³/mol. The zero-order valence-electron chi connectivity index (χ0n) is 11.5. The van der Waals surface area contributed by atoms with E-state index in [0.717, 1.165) is 6.20 Å². The number of benzene rings is 1. The van der Waals surface area contributed by atoms with E-state index in [1.54, 1.807) is 12.1 Å². The van der Waals surface area contributed by atoms with Crippen molar-refractivity contribution in [1.29, 1.82) is 0 Å². The summed E-state index contributed by atoms with van der Waals surface area (Å²) >= 11 is 0. The molecule has 0 aliphatic heterocycles. The van der Waals surface area contributed by atoms with Crippen LogP contribution < -0.4 is 4.74 Å². The maximum Gasteiger partial charge on any atom is 0.311 e. The molecule has 0 amide bonds. The van der Waals surface area contributed by atoms with Gasteiger partial charge in [-0.15, -0.1) is 0 Å². The molecule has 0 radical (unpaired) electrons. The van der Waals surface area contributed by atoms with Crippen LogP contribution in [0.25, 0.3) is 6.08 Å². The van der Waals surface area contributed by atoms with Gasteiger partial charge in [0.15, 0.2) is 0 Å². The van der Waals surface area contributed by atoms with E-state index in [9.17, 15) is 19.7 Å². The van der Waals surface area contributed by atoms with Gasteiger partial charge >= 0.3 is 11.9 Å². The van der Waals surface area contributed by atoms with Crippen molar-refractivity contribution in [2.45, 2.75) is 19.3 Å². The van der Waals surface area contributed by atoms with Gasteiger partial charge in [0.25, 0.3) is 0 Å². The Bertz CT molecular complexity index is 535. The summed E-state index contributed by atoms with van der Waals surface area (Å²) in [6.07, 6.45) is 2.79. The first-order valence-electron chi connectivity index (χ1n) is 6.20. The fourth-order valence-corrected chi connectivity index (χ4v) is 1.46. The maximum absolute atomic E-state index is 11.5. The van der Waals surface area contributed by atoms with Gasteiger partial charge in [0, 0.05) is 18.9 Å². The molecule has 0 aliphatic rings. The van der Waals surface area contributed by atoms with Crippen LogP contribution in [-0.2, 0) is 14.3 Å². The Hall–Kier alpha value is -2.70. The van der Waals surface area contributed by atoms with E-state index in [2.05, 4.69) is 4.74 Å². The Balaban J connectivity index is 2.42. The van der Waals surface area contributed by atoms with E-state index in [-0.39, 0.29) is 18.8 Å². The summed E-state index contributed by atoms with van der Waals surface area (Å²) in [7, 11) is 1.29. The molecule has 0 bridgehead atoms. The average Bonchev–Trinajstić information content (AvgIpc) is 2.46. The molecule has 0 fully saturated rings. The molecular weight excluding hydrogens is 278 g/mol. The topological polar surface area (TPSA) is 95.7 Å². The number of hydrogen-bond donors (Lipinski definition) is 0. The molecule has 0 saturated carbocycles. The summed E-state index contributed by atoms with van der Waals surface area (Å²) in [5.74, 6) is -0.478. The monoisotopic (exact) mass is 293 g/mol. The van der Waals surface area contributed by atoms with E-state index in [1.807, 2.05) is 0 Å². The number of hydrogen-bond acceptors (Lipinski definition) is 6. The van der Waals surface area contributed by atoms with Gasteiger partial charge < -0.3 is 9.47 Å². The van der Waals surface area contributed by atoms with Crippen molar-refractivity contribution in [3.8, 4) is 5.75 Å². The number of nitro groups is 1. The highest BCUT2D eigenvalue weighted by Crippen LogP contribution is 2.14. The van der Waals surface area contributed by atoms with Crippen LogP contribution in [0.4, 0.5) is 0 Å². The lowest BCUT2D eigenvalue weighted by molar-refractivity contribution is -0.400. The molecule has 0 saturated heterocycles. The van der Waals surface area contributed by atoms with Crippen molar-refractivity contribution >= 4 is 18.0 Å². The molecule has 21 heavy (non-hydrogen) atoms. The third-order valence-electron chi connectivity index (χ3n) is 2.49. The first kappa shape index (κ1) is 16.4. The second-order valence-corrected chi connectivity index (χ2v) is 4.07. The zero-order valence-corrected chi connectivity index (χ0v) is 11.5. The normalized spacial score (nSPS) is 10.3. The summed E-state index contributed by atoms with van der Waals surface area (Å²) in [6.45, 7) is 0. The van der Waals surface area contributed by atoms with Crippen molar-refractivity contribution < 1.29 is 24.0 Å². The molecule has 0 spiro atoms. The number of methoxy groups -OCH3 is 1. The Kier molecular flexibility index (Phi) is 6.59. The number of carbonyl (C=O) groups excluding carboxylic acids is 2. The Morgan fingerprint density at radius 1 is 1.19 bits per heavy atom. The van der Waals surface area contributed by atoms with Crippen molar-refractivity contribution in [1.82, 2.24) is 0 Å². The lowest BCUT2D eigenvalue weighted by Crippen LogP contribution is -2.09. The molecule has 7 nitrogen and oxygen atoms in total. The van der Waals surface area contributed by atoms with Gasteiger partial charge in [-0.25, -0.2) is 0 Å². The van der Waals surface area contributed by atoms with Crippen LogP contribution in [0.5, 0.6) is 5.75 Å². The third-order valence-corrected chi connectivity index (χ3v) is 2.49. The molecule has 1 rings (SSSR count). The Morgan fingerprint density at radius 3 is 2.38 bits per heavy atom. The van der Waals surface area contributed by atoms with E-state index in [4.69, 9.17) is 4.74 Å². The standard InChI is InChI=1S/C14H15NO6/c1-20-13(16)3-2-4-14(17)21-12-7-5-11(6-8-12)9-10-15(18)19/h5-10H,2-4H2,1H3/b10-9+. The zero-order chi connectivity index (χ0) is 15.7. The van der Waals surface area contributed by atoms with Crippen LogP contribution >= 0.6 is 0 Å². The largest absolute Gasteiger partial charge is 0.469 e. The van der Waals surface area contributed by atoms with Gasteiger partial charge in [0.1, 0.15) is 5.75 Å². The highest BCUT2D eigenvalue weighted by Gasteiger charge is 2.07. The molecule has 0 heterocycles. The highest BCUT2D eigenvalue weighted by molar-refractivity contribution is 5.74. The van der Waals surface area contributed by atoms with Crippen LogP contribution in [-0.4, -0.2) is 24.0 Å². The molecule has 0 atom stereocenters. The second-order valence-electron chi connectivity index (χ2n) is 4.07. The SMILES string of the molecule is COC(=O)CCCC(=O)Oc1ccc(/C=C/[N+](=O)[O-])cc1. The molecule has 112 valence electrons. The molecule has 0 N–H and O–H groups in total. The van der Waals surface area contributed by atoms with E-state index in [1.165, 1.54) is 25.3 Å². The van der Waals surface area contributed by atoms with E-state index < -0.39 is 10.9 Å². The minimum absolute atomic E-state index is 0.109. The van der Waals surface area contributed by atoms with Crippen molar-refractivity contribution in [3.63, 3.8) is 0 Å². The smallest absolute Gasteiger partial charge is 0.311 e. The minimum Gasteiger partial charge on any atom is -0.469 e. The van der Waals surface area contributed by atoms with Gasteiger partial charge in [-0.3, -0.25) is 19.7 Å². The van der Waals surface area contributed by atoms with Crippen LogP contribution in [0.3, 0.4) is 0 Å². The number of esters is 2. The summed E-state index contributed by atoms with van der Waals surface area (Å²) in [6, 6.07) is 6.27. The van der Waals surface area contributed by atoms with Crippen LogP contribution in [0.2, 0.25) is 0 Å². The van der Waals surface area contributed by atoms with Gasteiger partial charge in [0.2, 0.25) is 6.20 Å². The number of nitrogens with zero attached hydrogens (tertiary/aromatic N) is 1. The van der Waals surface area contributed by atoms with Gasteiger partial charge in [0.05, 0.1) is 12.0 Å². The minimum atomic E-state index is -0.560. The molecule has 0 unspecified atom stereocenters. The molecule has 0 aromatic heterocycles. The fourth-order valence-electron chi connectivity index (χ4n) is 1.46. The van der Waals surface area contributed by atoms with E-state index >= 15 is 0 Å². The molecule has 0 aliphatic carbocycles. The Morgan fingerprint density at radius 2 is 1.81 bits per heavy atom. The van der Waals surface area contributed by atoms with Gasteiger partial charge in [-0.05, 0) is 24.1 Å². The fraction of sp³-hybridized carbons (Fsp3) is 0.286. The number of ether oxygens (including phenoxy) is 2. The number of carbonyl (C=O) groups is 2. The number of rotatable bonds is 7. The van der Waals surface area contributed by atoms with Crippen LogP contribution in [0, 0.1) is 10.1 Å². The predicted octanol–water partition coefficient (Wildman–Crippen LogP) is 2.18. The van der Waals surface area contributed by atoms with Gasteiger partial charge in [-0.2, -0.15) is 0 Å². The first-order chi connectivity index (χ1) is 10.0. The van der Waals surface area contributed by atoms with Crippen LogP contribution in [0.1, 0.15) is 24.8 Å². The Labute approximate surface area is 121 Å². The third kappa shape index (κ3) is 6.86. The molecule has 1 aromatic rings. The maximum atomic E-state index is 11.5. The average molecular weight is 293 g/mol. The second kappa shape index (κ2) is 8.47.